The standard InChI is InChI=1S/C14H25N5S/c1-4-15-14(16-8-11-9-17-19(2)10-11)18-12-5-6-13(7-12)20-3/h9-10,12-13H,4-8H2,1-3H3,(H2,15,16,18). The number of nitrogens with zero attached hydrogens (tertiary/aromatic N) is 3. The Balaban J connectivity index is 1.89. The third kappa shape index (κ3) is 4.44. The molecule has 1 aliphatic carbocycles. The fourth-order valence-corrected chi connectivity index (χ4v) is 3.32. The molecule has 0 radical (unpaired) electrons. The second-order valence-electron chi connectivity index (χ2n) is 5.23. The highest BCUT2D eigenvalue weighted by molar-refractivity contribution is 7.99. The summed E-state index contributed by atoms with van der Waals surface area (Å²) in [6.45, 7) is 3.65. The molecule has 1 heterocycles. The molecule has 2 atom stereocenters. The molecule has 1 fully saturated rings. The quantitative estimate of drug-likeness (QED) is 0.642. The lowest BCUT2D eigenvalue weighted by Gasteiger charge is -2.17. The van der Waals surface area contributed by atoms with Crippen LogP contribution in [0.15, 0.2) is 17.4 Å². The van der Waals surface area contributed by atoms with Crippen molar-refractivity contribution in [3.8, 4) is 0 Å². The van der Waals surface area contributed by atoms with Gasteiger partial charge in [-0.3, -0.25) is 4.68 Å². The van der Waals surface area contributed by atoms with E-state index >= 15 is 0 Å². The van der Waals surface area contributed by atoms with Crippen LogP contribution >= 0.6 is 11.8 Å². The predicted molar refractivity (Wildman–Crippen MR) is 86.1 cm³/mol. The summed E-state index contributed by atoms with van der Waals surface area (Å²) in [5.41, 5.74) is 1.14. The topological polar surface area (TPSA) is 54.2 Å². The fraction of sp³-hybridized carbons (Fsp3) is 0.714. The summed E-state index contributed by atoms with van der Waals surface area (Å²) in [4.78, 5) is 4.65. The summed E-state index contributed by atoms with van der Waals surface area (Å²) in [6, 6.07) is 0.555. The minimum absolute atomic E-state index is 0.555. The Morgan fingerprint density at radius 1 is 1.55 bits per heavy atom. The average Bonchev–Trinajstić information content (AvgIpc) is 3.05. The summed E-state index contributed by atoms with van der Waals surface area (Å²) >= 11 is 1.98. The average molecular weight is 295 g/mol. The molecule has 1 aromatic rings. The second kappa shape index (κ2) is 7.57. The van der Waals surface area contributed by atoms with Gasteiger partial charge in [-0.05, 0) is 32.4 Å². The number of rotatable bonds is 5. The van der Waals surface area contributed by atoms with Gasteiger partial charge in [0.1, 0.15) is 0 Å². The van der Waals surface area contributed by atoms with Crippen molar-refractivity contribution in [3.05, 3.63) is 18.0 Å². The minimum atomic E-state index is 0.555. The molecule has 0 spiro atoms. The smallest absolute Gasteiger partial charge is 0.191 e. The molecule has 1 aromatic heterocycles. The molecule has 0 aliphatic heterocycles. The first-order valence-electron chi connectivity index (χ1n) is 7.26. The van der Waals surface area contributed by atoms with Gasteiger partial charge in [-0.1, -0.05) is 0 Å². The van der Waals surface area contributed by atoms with E-state index in [1.807, 2.05) is 35.9 Å². The molecule has 2 N–H and O–H groups in total. The Morgan fingerprint density at radius 2 is 2.40 bits per heavy atom. The Kier molecular flexibility index (Phi) is 5.76. The number of hydrogen-bond donors (Lipinski definition) is 2. The third-order valence-electron chi connectivity index (χ3n) is 3.58. The first-order valence-corrected chi connectivity index (χ1v) is 8.55. The number of aromatic nitrogens is 2. The van der Waals surface area contributed by atoms with Gasteiger partial charge in [-0.2, -0.15) is 16.9 Å². The molecule has 0 amide bonds. The molecule has 112 valence electrons. The van der Waals surface area contributed by atoms with Crippen LogP contribution in [0.2, 0.25) is 0 Å². The number of aliphatic imine (C=N–C) groups is 1. The fourth-order valence-electron chi connectivity index (χ4n) is 2.52. The summed E-state index contributed by atoms with van der Waals surface area (Å²) < 4.78 is 1.81. The van der Waals surface area contributed by atoms with Crippen molar-refractivity contribution in [1.29, 1.82) is 0 Å². The van der Waals surface area contributed by atoms with E-state index in [0.717, 1.165) is 23.3 Å². The molecule has 5 nitrogen and oxygen atoms in total. The molecule has 20 heavy (non-hydrogen) atoms. The van der Waals surface area contributed by atoms with E-state index in [1.165, 1.54) is 19.3 Å². The lowest BCUT2D eigenvalue weighted by Crippen LogP contribution is -2.42. The number of thioether (sulfide) groups is 1. The van der Waals surface area contributed by atoms with Gasteiger partial charge in [0.2, 0.25) is 0 Å². The van der Waals surface area contributed by atoms with Gasteiger partial charge in [0.15, 0.2) is 5.96 Å². The van der Waals surface area contributed by atoms with Crippen LogP contribution in [0.4, 0.5) is 0 Å². The second-order valence-corrected chi connectivity index (χ2v) is 6.37. The lowest BCUT2D eigenvalue weighted by molar-refractivity contribution is 0.615. The van der Waals surface area contributed by atoms with E-state index in [0.29, 0.717) is 12.6 Å². The predicted octanol–water partition coefficient (Wildman–Crippen LogP) is 1.76. The molecule has 6 heteroatoms. The van der Waals surface area contributed by atoms with Crippen molar-refractivity contribution in [3.63, 3.8) is 0 Å². The highest BCUT2D eigenvalue weighted by Crippen LogP contribution is 2.27. The first-order chi connectivity index (χ1) is 9.71. The van der Waals surface area contributed by atoms with Gasteiger partial charge < -0.3 is 10.6 Å². The van der Waals surface area contributed by atoms with Crippen LogP contribution in [0, 0.1) is 0 Å². The largest absolute Gasteiger partial charge is 0.357 e. The molecule has 1 aliphatic rings. The maximum absolute atomic E-state index is 4.65. The molecule has 0 saturated heterocycles. The summed E-state index contributed by atoms with van der Waals surface area (Å²) in [5, 5.41) is 11.8. The number of hydrogen-bond acceptors (Lipinski definition) is 3. The van der Waals surface area contributed by atoms with E-state index in [9.17, 15) is 0 Å². The normalized spacial score (nSPS) is 23.1. The monoisotopic (exact) mass is 295 g/mol. The van der Waals surface area contributed by atoms with E-state index in [4.69, 9.17) is 0 Å². The van der Waals surface area contributed by atoms with E-state index < -0.39 is 0 Å². The van der Waals surface area contributed by atoms with Gasteiger partial charge in [0.05, 0.1) is 12.7 Å². The Labute approximate surface area is 125 Å². The van der Waals surface area contributed by atoms with Crippen molar-refractivity contribution in [2.45, 2.75) is 44.0 Å². The van der Waals surface area contributed by atoms with E-state index in [2.05, 4.69) is 33.9 Å². The summed E-state index contributed by atoms with van der Waals surface area (Å²) in [7, 11) is 1.93. The third-order valence-corrected chi connectivity index (χ3v) is 4.68. The molecule has 2 rings (SSSR count). The Bertz CT molecular complexity index is 443. The number of nitrogens with one attached hydrogen (secondary N) is 2. The molecular formula is C14H25N5S. The van der Waals surface area contributed by atoms with E-state index in [1.54, 1.807) is 0 Å². The lowest BCUT2D eigenvalue weighted by atomic mass is 10.2. The minimum Gasteiger partial charge on any atom is -0.357 e. The zero-order valence-corrected chi connectivity index (χ0v) is 13.4. The first kappa shape index (κ1) is 15.2. The van der Waals surface area contributed by atoms with Gasteiger partial charge in [0.25, 0.3) is 0 Å². The molecule has 2 unspecified atom stereocenters. The zero-order valence-electron chi connectivity index (χ0n) is 12.6. The molecule has 0 aromatic carbocycles. The van der Waals surface area contributed by atoms with Crippen LogP contribution < -0.4 is 10.6 Å². The zero-order chi connectivity index (χ0) is 14.4. The van der Waals surface area contributed by atoms with Crippen molar-refractivity contribution in [2.75, 3.05) is 12.8 Å². The van der Waals surface area contributed by atoms with Crippen LogP contribution in [0.5, 0.6) is 0 Å². The van der Waals surface area contributed by atoms with Gasteiger partial charge in [-0.15, -0.1) is 0 Å². The van der Waals surface area contributed by atoms with Crippen molar-refractivity contribution >= 4 is 17.7 Å². The highest BCUT2D eigenvalue weighted by atomic mass is 32.2. The van der Waals surface area contributed by atoms with E-state index in [-0.39, 0.29) is 0 Å². The number of guanidine groups is 1. The van der Waals surface area contributed by atoms with Crippen LogP contribution in [0.25, 0.3) is 0 Å². The molecular weight excluding hydrogens is 270 g/mol. The molecule has 1 saturated carbocycles. The van der Waals surface area contributed by atoms with Crippen molar-refractivity contribution < 1.29 is 0 Å². The number of aryl methyl sites for hydroxylation is 1. The van der Waals surface area contributed by atoms with Gasteiger partial charge >= 0.3 is 0 Å². The van der Waals surface area contributed by atoms with Crippen LogP contribution in [0.3, 0.4) is 0 Å². The summed E-state index contributed by atoms with van der Waals surface area (Å²) in [5.74, 6) is 0.920. The summed E-state index contributed by atoms with van der Waals surface area (Å²) in [6.07, 6.45) is 9.86. The maximum atomic E-state index is 4.65. The van der Waals surface area contributed by atoms with Crippen LogP contribution in [0.1, 0.15) is 31.7 Å². The Morgan fingerprint density at radius 3 is 3.00 bits per heavy atom. The SMILES string of the molecule is CCNC(=NCc1cnn(C)c1)NC1CCC(SC)C1. The molecule has 0 bridgehead atoms. The van der Waals surface area contributed by atoms with Crippen molar-refractivity contribution in [2.24, 2.45) is 12.0 Å². The highest BCUT2D eigenvalue weighted by Gasteiger charge is 2.24. The van der Waals surface area contributed by atoms with Crippen LogP contribution in [-0.4, -0.2) is 39.8 Å². The van der Waals surface area contributed by atoms with Gasteiger partial charge in [0, 0.05) is 36.6 Å². The maximum Gasteiger partial charge on any atom is 0.191 e. The Hall–Kier alpha value is -1.17. The van der Waals surface area contributed by atoms with Crippen molar-refractivity contribution in [1.82, 2.24) is 20.4 Å². The van der Waals surface area contributed by atoms with Crippen LogP contribution in [-0.2, 0) is 13.6 Å². The van der Waals surface area contributed by atoms with Gasteiger partial charge in [-0.25, -0.2) is 4.99 Å².